The molecule has 0 bridgehead atoms. The standard InChI is InChI=1S/C23H23FN8O2/c1-13-8-19(24)18(9-17(13)15-10-25-31(11-15)16-6-7-16)23(34)27-21-5-3-4-20(26-21)22-28-29-30-32(22)14(2)12-33/h3-5,8-11,14,16,33H,6-7,12H2,1-2H3,(H,26,27,34)/t14-/m1/s1. The van der Waals surface area contributed by atoms with Gasteiger partial charge >= 0.3 is 0 Å². The van der Waals surface area contributed by atoms with Crippen molar-refractivity contribution >= 4 is 11.7 Å². The second-order valence-corrected chi connectivity index (χ2v) is 8.43. The van der Waals surface area contributed by atoms with E-state index < -0.39 is 11.7 Å². The summed E-state index contributed by atoms with van der Waals surface area (Å²) in [6.45, 7) is 3.41. The summed E-state index contributed by atoms with van der Waals surface area (Å²) in [4.78, 5) is 17.4. The summed E-state index contributed by atoms with van der Waals surface area (Å²) in [6.07, 6.45) is 5.88. The Morgan fingerprint density at radius 2 is 2.15 bits per heavy atom. The summed E-state index contributed by atoms with van der Waals surface area (Å²) >= 11 is 0. The van der Waals surface area contributed by atoms with Gasteiger partial charge in [-0.15, -0.1) is 5.10 Å². The molecule has 174 valence electrons. The number of carbonyl (C=O) groups is 1. The minimum Gasteiger partial charge on any atom is -0.394 e. The SMILES string of the molecule is Cc1cc(F)c(C(=O)Nc2cccc(-c3nnnn3[C@H](C)CO)n2)cc1-c1cnn(C2CC2)c1. The van der Waals surface area contributed by atoms with Crippen molar-refractivity contribution in [1.29, 1.82) is 0 Å². The summed E-state index contributed by atoms with van der Waals surface area (Å²) in [5, 5.41) is 28.0. The first-order valence-corrected chi connectivity index (χ1v) is 11.0. The Hall–Kier alpha value is -3.99. The summed E-state index contributed by atoms with van der Waals surface area (Å²) < 4.78 is 18.1. The van der Waals surface area contributed by atoms with Gasteiger partial charge in [0.2, 0.25) is 5.82 Å². The number of hydrogen-bond donors (Lipinski definition) is 2. The number of pyridine rings is 1. The van der Waals surface area contributed by atoms with Crippen molar-refractivity contribution < 1.29 is 14.3 Å². The number of hydrogen-bond acceptors (Lipinski definition) is 7. The predicted octanol–water partition coefficient (Wildman–Crippen LogP) is 3.19. The molecule has 0 aliphatic heterocycles. The topological polar surface area (TPSA) is 124 Å². The number of aryl methyl sites for hydroxylation is 1. The van der Waals surface area contributed by atoms with Crippen LogP contribution in [0.1, 0.15) is 47.8 Å². The first-order valence-electron chi connectivity index (χ1n) is 11.0. The van der Waals surface area contributed by atoms with Crippen LogP contribution in [-0.4, -0.2) is 52.6 Å². The molecule has 1 fully saturated rings. The lowest BCUT2D eigenvalue weighted by Gasteiger charge is -2.12. The van der Waals surface area contributed by atoms with Crippen LogP contribution in [-0.2, 0) is 0 Å². The molecule has 3 aromatic heterocycles. The van der Waals surface area contributed by atoms with Gasteiger partial charge in [-0.2, -0.15) is 5.10 Å². The van der Waals surface area contributed by atoms with E-state index in [0.717, 1.165) is 24.0 Å². The Labute approximate surface area is 194 Å². The van der Waals surface area contributed by atoms with Crippen LogP contribution in [0.3, 0.4) is 0 Å². The van der Waals surface area contributed by atoms with Crippen molar-refractivity contribution in [3.05, 3.63) is 59.7 Å². The highest BCUT2D eigenvalue weighted by atomic mass is 19.1. The number of nitrogens with one attached hydrogen (secondary N) is 1. The number of amides is 1. The van der Waals surface area contributed by atoms with Gasteiger partial charge in [0.25, 0.3) is 5.91 Å². The van der Waals surface area contributed by atoms with E-state index in [0.29, 0.717) is 23.1 Å². The number of tetrazole rings is 1. The van der Waals surface area contributed by atoms with Crippen LogP contribution >= 0.6 is 0 Å². The summed E-state index contributed by atoms with van der Waals surface area (Å²) in [5.41, 5.74) is 2.61. The van der Waals surface area contributed by atoms with Gasteiger partial charge in [-0.25, -0.2) is 14.1 Å². The van der Waals surface area contributed by atoms with Crippen molar-refractivity contribution in [2.45, 2.75) is 38.8 Å². The van der Waals surface area contributed by atoms with Crippen LogP contribution in [0.5, 0.6) is 0 Å². The van der Waals surface area contributed by atoms with E-state index in [1.54, 1.807) is 44.3 Å². The highest BCUT2D eigenvalue weighted by Gasteiger charge is 2.25. The van der Waals surface area contributed by atoms with Gasteiger partial charge in [-0.3, -0.25) is 9.48 Å². The number of rotatable bonds is 7. The smallest absolute Gasteiger partial charge is 0.259 e. The van der Waals surface area contributed by atoms with Gasteiger partial charge in [0.05, 0.1) is 30.5 Å². The van der Waals surface area contributed by atoms with Crippen molar-refractivity contribution in [2.24, 2.45) is 0 Å². The quantitative estimate of drug-likeness (QED) is 0.432. The molecule has 4 aromatic rings. The maximum Gasteiger partial charge on any atom is 0.259 e. The molecule has 11 heteroatoms. The van der Waals surface area contributed by atoms with E-state index in [4.69, 9.17) is 0 Å². The molecule has 0 saturated heterocycles. The number of nitrogens with zero attached hydrogens (tertiary/aromatic N) is 7. The van der Waals surface area contributed by atoms with Crippen molar-refractivity contribution in [2.75, 3.05) is 11.9 Å². The lowest BCUT2D eigenvalue weighted by atomic mass is 9.99. The lowest BCUT2D eigenvalue weighted by molar-refractivity contribution is 0.102. The van der Waals surface area contributed by atoms with Crippen LogP contribution in [0.15, 0.2) is 42.7 Å². The highest BCUT2D eigenvalue weighted by Crippen LogP contribution is 2.36. The van der Waals surface area contributed by atoms with Gasteiger partial charge in [0.1, 0.15) is 17.3 Å². The van der Waals surface area contributed by atoms with E-state index in [-0.39, 0.29) is 24.0 Å². The second-order valence-electron chi connectivity index (χ2n) is 8.43. The number of halogens is 1. The average molecular weight is 462 g/mol. The van der Waals surface area contributed by atoms with Crippen LogP contribution < -0.4 is 5.32 Å². The minimum absolute atomic E-state index is 0.0919. The fourth-order valence-electron chi connectivity index (χ4n) is 3.72. The van der Waals surface area contributed by atoms with Crippen LogP contribution in [0.25, 0.3) is 22.6 Å². The number of carbonyl (C=O) groups excluding carboxylic acids is 1. The third-order valence-electron chi connectivity index (χ3n) is 5.79. The Morgan fingerprint density at radius 3 is 2.91 bits per heavy atom. The molecule has 1 atom stereocenters. The average Bonchev–Trinajstić information content (AvgIpc) is 3.35. The van der Waals surface area contributed by atoms with Gasteiger partial charge < -0.3 is 10.4 Å². The normalized spacial score (nSPS) is 14.2. The second kappa shape index (κ2) is 8.75. The molecule has 1 aliphatic rings. The number of benzene rings is 1. The Kier molecular flexibility index (Phi) is 5.62. The van der Waals surface area contributed by atoms with Crippen molar-refractivity contribution in [1.82, 2.24) is 35.0 Å². The van der Waals surface area contributed by atoms with Gasteiger partial charge in [-0.05, 0) is 72.5 Å². The minimum atomic E-state index is -0.624. The molecule has 0 radical (unpaired) electrons. The predicted molar refractivity (Wildman–Crippen MR) is 121 cm³/mol. The monoisotopic (exact) mass is 462 g/mol. The van der Waals surface area contributed by atoms with Gasteiger partial charge in [0.15, 0.2) is 0 Å². The number of aliphatic hydroxyl groups is 1. The van der Waals surface area contributed by atoms with E-state index in [9.17, 15) is 14.3 Å². The largest absolute Gasteiger partial charge is 0.394 e. The summed E-state index contributed by atoms with van der Waals surface area (Å²) in [6, 6.07) is 7.94. The molecule has 1 aliphatic carbocycles. The molecule has 0 spiro atoms. The number of anilines is 1. The first kappa shape index (κ1) is 21.8. The molecular formula is C23H23FN8O2. The third kappa shape index (κ3) is 4.17. The fourth-order valence-corrected chi connectivity index (χ4v) is 3.72. The molecule has 0 unspecified atom stereocenters. The zero-order valence-corrected chi connectivity index (χ0v) is 18.7. The Bertz CT molecular complexity index is 1360. The van der Waals surface area contributed by atoms with Crippen LogP contribution in [0, 0.1) is 12.7 Å². The van der Waals surface area contributed by atoms with E-state index in [1.165, 1.54) is 10.7 Å². The molecule has 2 N–H and O–H groups in total. The molecular weight excluding hydrogens is 439 g/mol. The summed E-state index contributed by atoms with van der Waals surface area (Å²) in [7, 11) is 0. The fraction of sp³-hybridized carbons (Fsp3) is 0.304. The van der Waals surface area contributed by atoms with E-state index in [2.05, 4.69) is 30.9 Å². The zero-order chi connectivity index (χ0) is 23.8. The number of aromatic nitrogens is 7. The van der Waals surface area contributed by atoms with E-state index in [1.807, 2.05) is 10.9 Å². The molecule has 1 amide bonds. The lowest BCUT2D eigenvalue weighted by Crippen LogP contribution is -2.16. The maximum absolute atomic E-state index is 14.8. The Balaban J connectivity index is 1.41. The molecule has 1 aromatic carbocycles. The van der Waals surface area contributed by atoms with Crippen molar-refractivity contribution in [3.8, 4) is 22.6 Å². The molecule has 5 rings (SSSR count). The van der Waals surface area contributed by atoms with Crippen LogP contribution in [0.4, 0.5) is 10.2 Å². The first-order chi connectivity index (χ1) is 16.4. The Morgan fingerprint density at radius 1 is 1.32 bits per heavy atom. The molecule has 34 heavy (non-hydrogen) atoms. The molecule has 10 nitrogen and oxygen atoms in total. The van der Waals surface area contributed by atoms with Gasteiger partial charge in [-0.1, -0.05) is 6.07 Å². The molecule has 3 heterocycles. The zero-order valence-electron chi connectivity index (χ0n) is 18.7. The van der Waals surface area contributed by atoms with Gasteiger partial charge in [0, 0.05) is 11.8 Å². The third-order valence-corrected chi connectivity index (χ3v) is 5.79. The highest BCUT2D eigenvalue weighted by molar-refractivity contribution is 6.05. The van der Waals surface area contributed by atoms with Crippen molar-refractivity contribution in [3.63, 3.8) is 0 Å². The summed E-state index contributed by atoms with van der Waals surface area (Å²) in [5.74, 6) is -0.683. The molecule has 1 saturated carbocycles. The number of aliphatic hydroxyl groups excluding tert-OH is 1. The van der Waals surface area contributed by atoms with E-state index >= 15 is 0 Å². The van der Waals surface area contributed by atoms with Crippen LogP contribution in [0.2, 0.25) is 0 Å². The maximum atomic E-state index is 14.8.